The van der Waals surface area contributed by atoms with Crippen molar-refractivity contribution < 1.29 is 4.39 Å². The summed E-state index contributed by atoms with van der Waals surface area (Å²) >= 11 is 5.83. The van der Waals surface area contributed by atoms with Crippen molar-refractivity contribution >= 4 is 11.6 Å². The summed E-state index contributed by atoms with van der Waals surface area (Å²) in [5.41, 5.74) is 3.41. The monoisotopic (exact) mass is 291 g/mol. The van der Waals surface area contributed by atoms with Gasteiger partial charge in [0.15, 0.2) is 0 Å². The first-order chi connectivity index (χ1) is 9.54. The number of nitrogens with one attached hydrogen (secondary N) is 1. The Morgan fingerprint density at radius 2 is 1.65 bits per heavy atom. The highest BCUT2D eigenvalue weighted by molar-refractivity contribution is 6.30. The lowest BCUT2D eigenvalue weighted by atomic mass is 10.0. The minimum atomic E-state index is -0.296. The van der Waals surface area contributed by atoms with Crippen LogP contribution in [-0.2, 0) is 13.1 Å². The van der Waals surface area contributed by atoms with Gasteiger partial charge in [0.1, 0.15) is 5.82 Å². The van der Waals surface area contributed by atoms with Crippen LogP contribution in [0.1, 0.15) is 36.5 Å². The molecule has 2 rings (SSSR count). The normalized spacial score (nSPS) is 11.1. The van der Waals surface area contributed by atoms with Gasteiger partial charge in [-0.1, -0.05) is 49.7 Å². The summed E-state index contributed by atoms with van der Waals surface area (Å²) in [6.07, 6.45) is 0. The summed E-state index contributed by atoms with van der Waals surface area (Å²) in [7, 11) is 0. The second-order valence-corrected chi connectivity index (χ2v) is 5.71. The third-order valence-electron chi connectivity index (χ3n) is 3.23. The van der Waals surface area contributed by atoms with E-state index in [0.717, 1.165) is 12.1 Å². The summed E-state index contributed by atoms with van der Waals surface area (Å²) in [5, 5.41) is 3.73. The molecule has 0 saturated heterocycles. The van der Waals surface area contributed by atoms with Crippen molar-refractivity contribution in [2.45, 2.75) is 32.9 Å². The van der Waals surface area contributed by atoms with E-state index in [1.807, 2.05) is 0 Å². The molecule has 1 N–H and O–H groups in total. The molecule has 2 aromatic carbocycles. The van der Waals surface area contributed by atoms with Crippen LogP contribution >= 0.6 is 11.6 Å². The van der Waals surface area contributed by atoms with Crippen molar-refractivity contribution in [1.82, 2.24) is 5.32 Å². The number of hydrogen-bond acceptors (Lipinski definition) is 1. The fourth-order valence-electron chi connectivity index (χ4n) is 2.08. The topological polar surface area (TPSA) is 12.0 Å². The predicted octanol–water partition coefficient (Wildman–Crippen LogP) is 4.89. The van der Waals surface area contributed by atoms with Crippen LogP contribution in [0.5, 0.6) is 0 Å². The van der Waals surface area contributed by atoms with E-state index in [1.54, 1.807) is 6.07 Å². The van der Waals surface area contributed by atoms with Gasteiger partial charge in [-0.05, 0) is 40.8 Å². The lowest BCUT2D eigenvalue weighted by molar-refractivity contribution is 0.620. The van der Waals surface area contributed by atoms with Gasteiger partial charge in [-0.2, -0.15) is 0 Å². The minimum absolute atomic E-state index is 0.296. The maximum absolute atomic E-state index is 13.2. The lowest BCUT2D eigenvalue weighted by Crippen LogP contribution is -2.12. The summed E-state index contributed by atoms with van der Waals surface area (Å²) in [6, 6.07) is 13.2. The summed E-state index contributed by atoms with van der Waals surface area (Å²) in [6.45, 7) is 5.72. The van der Waals surface area contributed by atoms with E-state index >= 15 is 0 Å². The van der Waals surface area contributed by atoms with Gasteiger partial charge < -0.3 is 5.32 Å². The SMILES string of the molecule is CC(C)c1ccc(CNCc2cc(F)cc(Cl)c2)cc1. The fourth-order valence-corrected chi connectivity index (χ4v) is 2.33. The second kappa shape index (κ2) is 6.87. The Kier molecular flexibility index (Phi) is 5.16. The van der Waals surface area contributed by atoms with E-state index in [2.05, 4.69) is 43.4 Å². The van der Waals surface area contributed by atoms with Crippen molar-refractivity contribution in [2.24, 2.45) is 0 Å². The summed E-state index contributed by atoms with van der Waals surface area (Å²) in [4.78, 5) is 0. The lowest BCUT2D eigenvalue weighted by Gasteiger charge is -2.08. The molecule has 0 atom stereocenters. The van der Waals surface area contributed by atoms with E-state index in [9.17, 15) is 4.39 Å². The first-order valence-electron chi connectivity index (χ1n) is 6.79. The van der Waals surface area contributed by atoms with Crippen molar-refractivity contribution in [3.8, 4) is 0 Å². The van der Waals surface area contributed by atoms with Crippen LogP contribution in [0.2, 0.25) is 5.02 Å². The van der Waals surface area contributed by atoms with Gasteiger partial charge in [0.05, 0.1) is 0 Å². The van der Waals surface area contributed by atoms with Gasteiger partial charge in [0.25, 0.3) is 0 Å². The molecule has 20 heavy (non-hydrogen) atoms. The molecule has 0 aliphatic carbocycles. The van der Waals surface area contributed by atoms with Crippen LogP contribution in [0.15, 0.2) is 42.5 Å². The molecular weight excluding hydrogens is 273 g/mol. The van der Waals surface area contributed by atoms with Crippen LogP contribution in [0.25, 0.3) is 0 Å². The maximum Gasteiger partial charge on any atom is 0.125 e. The molecule has 2 aromatic rings. The Morgan fingerprint density at radius 3 is 2.25 bits per heavy atom. The van der Waals surface area contributed by atoms with Gasteiger partial charge >= 0.3 is 0 Å². The van der Waals surface area contributed by atoms with Crippen molar-refractivity contribution in [2.75, 3.05) is 0 Å². The molecule has 0 bridgehead atoms. The zero-order valence-electron chi connectivity index (χ0n) is 11.8. The van der Waals surface area contributed by atoms with Crippen LogP contribution in [-0.4, -0.2) is 0 Å². The minimum Gasteiger partial charge on any atom is -0.309 e. The van der Waals surface area contributed by atoms with Gasteiger partial charge in [-0.25, -0.2) is 4.39 Å². The van der Waals surface area contributed by atoms with E-state index in [1.165, 1.54) is 23.3 Å². The Bertz CT molecular complexity index is 543. The second-order valence-electron chi connectivity index (χ2n) is 5.28. The van der Waals surface area contributed by atoms with E-state index < -0.39 is 0 Å². The van der Waals surface area contributed by atoms with Crippen LogP contribution in [0.3, 0.4) is 0 Å². The molecule has 1 nitrogen and oxygen atoms in total. The van der Waals surface area contributed by atoms with E-state index in [0.29, 0.717) is 17.5 Å². The Morgan fingerprint density at radius 1 is 1.00 bits per heavy atom. The van der Waals surface area contributed by atoms with Crippen molar-refractivity contribution in [1.29, 1.82) is 0 Å². The van der Waals surface area contributed by atoms with E-state index in [4.69, 9.17) is 11.6 Å². The highest BCUT2D eigenvalue weighted by Crippen LogP contribution is 2.16. The Hall–Kier alpha value is -1.38. The molecule has 0 fully saturated rings. The Balaban J connectivity index is 1.89. The van der Waals surface area contributed by atoms with Gasteiger partial charge in [0.2, 0.25) is 0 Å². The molecule has 0 spiro atoms. The van der Waals surface area contributed by atoms with Crippen molar-refractivity contribution in [3.63, 3.8) is 0 Å². The zero-order chi connectivity index (χ0) is 14.5. The largest absolute Gasteiger partial charge is 0.309 e. The first kappa shape index (κ1) is 15.0. The van der Waals surface area contributed by atoms with Crippen LogP contribution < -0.4 is 5.32 Å². The molecule has 0 aliphatic rings. The molecule has 0 amide bonds. The quantitative estimate of drug-likeness (QED) is 0.827. The zero-order valence-corrected chi connectivity index (χ0v) is 12.5. The number of hydrogen-bond donors (Lipinski definition) is 1. The number of halogens is 2. The molecule has 0 aromatic heterocycles. The van der Waals surface area contributed by atoms with Gasteiger partial charge in [-0.15, -0.1) is 0 Å². The standard InChI is InChI=1S/C17H19ClFN/c1-12(2)15-5-3-13(4-6-15)10-20-11-14-7-16(18)9-17(19)8-14/h3-9,12,20H,10-11H2,1-2H3. The smallest absolute Gasteiger partial charge is 0.125 e. The summed E-state index contributed by atoms with van der Waals surface area (Å²) in [5.74, 6) is 0.252. The third-order valence-corrected chi connectivity index (χ3v) is 3.45. The maximum atomic E-state index is 13.2. The average molecular weight is 292 g/mol. The molecule has 0 aliphatic heterocycles. The number of rotatable bonds is 5. The molecule has 0 unspecified atom stereocenters. The molecular formula is C17H19ClFN. The number of benzene rings is 2. The average Bonchev–Trinajstić information content (AvgIpc) is 2.38. The first-order valence-corrected chi connectivity index (χ1v) is 7.17. The van der Waals surface area contributed by atoms with E-state index in [-0.39, 0.29) is 5.82 Å². The molecule has 106 valence electrons. The fraction of sp³-hybridized carbons (Fsp3) is 0.294. The molecule has 0 saturated carbocycles. The third kappa shape index (κ3) is 4.32. The van der Waals surface area contributed by atoms with Crippen LogP contribution in [0, 0.1) is 5.82 Å². The van der Waals surface area contributed by atoms with Crippen LogP contribution in [0.4, 0.5) is 4.39 Å². The van der Waals surface area contributed by atoms with Gasteiger partial charge in [-0.3, -0.25) is 0 Å². The summed E-state index contributed by atoms with van der Waals surface area (Å²) < 4.78 is 13.2. The molecule has 0 heterocycles. The molecule has 0 radical (unpaired) electrons. The molecule has 3 heteroatoms. The van der Waals surface area contributed by atoms with Crippen molar-refractivity contribution in [3.05, 3.63) is 70.0 Å². The highest BCUT2D eigenvalue weighted by Gasteiger charge is 2.01. The van der Waals surface area contributed by atoms with Gasteiger partial charge in [0, 0.05) is 18.1 Å². The Labute approximate surface area is 124 Å². The highest BCUT2D eigenvalue weighted by atomic mass is 35.5. The predicted molar refractivity (Wildman–Crippen MR) is 82.5 cm³/mol.